The van der Waals surface area contributed by atoms with Gasteiger partial charge in [0.15, 0.2) is 0 Å². The molecule has 1 heteroatoms. The highest BCUT2D eigenvalue weighted by atomic mass is 14.5. The largest absolute Gasteiger partial charge is 0.402 e. The first-order valence-corrected chi connectivity index (χ1v) is 3.73. The lowest BCUT2D eigenvalue weighted by molar-refractivity contribution is 1.28. The first kappa shape index (κ1) is 12.0. The van der Waals surface area contributed by atoms with Crippen molar-refractivity contribution in [2.24, 2.45) is 5.73 Å². The molecule has 0 heterocycles. The van der Waals surface area contributed by atoms with Gasteiger partial charge in [0.1, 0.15) is 0 Å². The lowest BCUT2D eigenvalue weighted by Gasteiger charge is -1.89. The summed E-state index contributed by atoms with van der Waals surface area (Å²) in [5.41, 5.74) is 7.46. The number of rotatable bonds is 1. The molecule has 2 N–H and O–H groups in total. The Morgan fingerprint density at radius 1 is 1.20 bits per heavy atom. The minimum Gasteiger partial charge on any atom is -0.402 e. The van der Waals surface area contributed by atoms with Crippen LogP contribution in [0.25, 0.3) is 0 Å². The van der Waals surface area contributed by atoms with E-state index in [9.17, 15) is 0 Å². The van der Waals surface area contributed by atoms with Gasteiger partial charge in [-0.2, -0.15) is 0 Å². The van der Waals surface area contributed by atoms with Crippen LogP contribution in [0.3, 0.4) is 0 Å². The number of nitrogens with two attached hydrogens (primary N) is 1. The van der Waals surface area contributed by atoms with Gasteiger partial charge in [-0.25, -0.2) is 0 Å². The fourth-order valence-electron chi connectivity index (χ4n) is 0.442. The van der Waals surface area contributed by atoms with Crippen LogP contribution >= 0.6 is 0 Å². The fourth-order valence-corrected chi connectivity index (χ4v) is 0.442. The van der Waals surface area contributed by atoms with E-state index in [-0.39, 0.29) is 0 Å². The van der Waals surface area contributed by atoms with Crippen molar-refractivity contribution in [1.82, 2.24) is 0 Å². The van der Waals surface area contributed by atoms with E-state index in [1.165, 1.54) is 5.57 Å². The van der Waals surface area contributed by atoms with Crippen molar-refractivity contribution < 1.29 is 0 Å². The van der Waals surface area contributed by atoms with E-state index >= 15 is 0 Å². The minimum absolute atomic E-state index is 0.862. The third-order valence-electron chi connectivity index (χ3n) is 0.911. The average molecular weight is 141 g/mol. The summed E-state index contributed by atoms with van der Waals surface area (Å²) in [4.78, 5) is 0. The molecule has 0 aromatic rings. The molecule has 0 aromatic heterocycles. The maximum Gasteiger partial charge on any atom is 0.00514 e. The molecule has 0 unspecified atom stereocenters. The van der Waals surface area contributed by atoms with E-state index in [0.717, 1.165) is 5.70 Å². The van der Waals surface area contributed by atoms with Gasteiger partial charge in [-0.1, -0.05) is 25.5 Å². The molecule has 0 aromatic carbocycles. The average Bonchev–Trinajstić information content (AvgIpc) is 1.91. The molecule has 0 radical (unpaired) electrons. The van der Waals surface area contributed by atoms with Gasteiger partial charge in [-0.3, -0.25) is 0 Å². The highest BCUT2D eigenvalue weighted by molar-refractivity contribution is 5.17. The quantitative estimate of drug-likeness (QED) is 0.558. The van der Waals surface area contributed by atoms with Gasteiger partial charge in [0.25, 0.3) is 0 Å². The molecule has 0 saturated heterocycles. The van der Waals surface area contributed by atoms with E-state index in [2.05, 4.69) is 0 Å². The molecule has 0 saturated carbocycles. The maximum atomic E-state index is 5.39. The summed E-state index contributed by atoms with van der Waals surface area (Å²) in [6, 6.07) is 0. The molecule has 0 bridgehead atoms. The summed E-state index contributed by atoms with van der Waals surface area (Å²) in [6.45, 7) is 9.90. The number of hydrogen-bond acceptors (Lipinski definition) is 1. The lowest BCUT2D eigenvalue weighted by Crippen LogP contribution is -1.89. The Kier molecular flexibility index (Phi) is 9.94. The molecule has 1 nitrogen and oxygen atoms in total. The second kappa shape index (κ2) is 8.28. The minimum atomic E-state index is 0.862. The van der Waals surface area contributed by atoms with Crippen LogP contribution in [-0.4, -0.2) is 0 Å². The van der Waals surface area contributed by atoms with Crippen molar-refractivity contribution in [1.29, 1.82) is 0 Å². The van der Waals surface area contributed by atoms with E-state index in [0.29, 0.717) is 0 Å². The summed E-state index contributed by atoms with van der Waals surface area (Å²) < 4.78 is 0. The molecular weight excluding hydrogens is 122 g/mol. The summed E-state index contributed by atoms with van der Waals surface area (Å²) in [7, 11) is 0. The fraction of sp³-hybridized carbons (Fsp3) is 0.556. The standard InChI is InChI=1S/C7H13N.C2H6/c1-4-6(2)5-7(3)8;1-2/h4-5H,8H2,1-3H3;1-2H3/b6-4-,7-5-;. The van der Waals surface area contributed by atoms with Crippen LogP contribution < -0.4 is 5.73 Å². The molecule has 0 aliphatic heterocycles. The SMILES string of the molecule is C/C=C(C)\C=C(\C)N.CC. The Bertz CT molecular complexity index is 117. The van der Waals surface area contributed by atoms with Gasteiger partial charge < -0.3 is 5.73 Å². The zero-order chi connectivity index (χ0) is 8.57. The normalized spacial score (nSPS) is 12.1. The van der Waals surface area contributed by atoms with Crippen LogP contribution in [0.1, 0.15) is 34.6 Å². The number of hydrogen-bond donors (Lipinski definition) is 1. The molecule has 0 rings (SSSR count). The molecule has 0 atom stereocenters. The first-order valence-electron chi connectivity index (χ1n) is 3.73. The molecule has 0 aliphatic carbocycles. The molecule has 60 valence electrons. The predicted molar refractivity (Wildman–Crippen MR) is 48.7 cm³/mol. The molecule has 0 aliphatic rings. The van der Waals surface area contributed by atoms with E-state index in [1.807, 2.05) is 46.8 Å². The van der Waals surface area contributed by atoms with Crippen molar-refractivity contribution in [3.63, 3.8) is 0 Å². The summed E-state index contributed by atoms with van der Waals surface area (Å²) in [5, 5.41) is 0. The molecule has 0 fully saturated rings. The third-order valence-corrected chi connectivity index (χ3v) is 0.911. The van der Waals surface area contributed by atoms with Gasteiger partial charge in [-0.05, 0) is 26.8 Å². The van der Waals surface area contributed by atoms with Gasteiger partial charge in [0.2, 0.25) is 0 Å². The lowest BCUT2D eigenvalue weighted by atomic mass is 10.2. The Morgan fingerprint density at radius 2 is 1.60 bits per heavy atom. The maximum absolute atomic E-state index is 5.39. The van der Waals surface area contributed by atoms with Gasteiger partial charge in [0.05, 0.1) is 0 Å². The van der Waals surface area contributed by atoms with Crippen LogP contribution in [0.5, 0.6) is 0 Å². The third kappa shape index (κ3) is 10.3. The molecule has 10 heavy (non-hydrogen) atoms. The van der Waals surface area contributed by atoms with Crippen LogP contribution in [0.15, 0.2) is 23.4 Å². The Labute approximate surface area is 64.6 Å². The second-order valence-electron chi connectivity index (χ2n) is 1.92. The van der Waals surface area contributed by atoms with Crippen molar-refractivity contribution in [3.05, 3.63) is 23.4 Å². The summed E-state index contributed by atoms with van der Waals surface area (Å²) >= 11 is 0. The van der Waals surface area contributed by atoms with E-state index in [4.69, 9.17) is 5.73 Å². The van der Waals surface area contributed by atoms with Crippen LogP contribution in [-0.2, 0) is 0 Å². The first-order chi connectivity index (χ1) is 4.66. The van der Waals surface area contributed by atoms with Crippen molar-refractivity contribution in [2.45, 2.75) is 34.6 Å². The van der Waals surface area contributed by atoms with E-state index in [1.54, 1.807) is 0 Å². The van der Waals surface area contributed by atoms with Gasteiger partial charge in [0, 0.05) is 5.70 Å². The molecule has 0 amide bonds. The number of allylic oxidation sites excluding steroid dienone is 4. The van der Waals surface area contributed by atoms with Crippen molar-refractivity contribution >= 4 is 0 Å². The van der Waals surface area contributed by atoms with Gasteiger partial charge in [-0.15, -0.1) is 0 Å². The van der Waals surface area contributed by atoms with Crippen molar-refractivity contribution in [3.8, 4) is 0 Å². The zero-order valence-corrected chi connectivity index (χ0v) is 7.73. The summed E-state index contributed by atoms with van der Waals surface area (Å²) in [5.74, 6) is 0. The smallest absolute Gasteiger partial charge is 0.00514 e. The highest BCUT2D eigenvalue weighted by Crippen LogP contribution is 1.94. The van der Waals surface area contributed by atoms with E-state index < -0.39 is 0 Å². The topological polar surface area (TPSA) is 26.0 Å². The zero-order valence-electron chi connectivity index (χ0n) is 7.73. The Hall–Kier alpha value is -0.720. The Morgan fingerprint density at radius 3 is 1.70 bits per heavy atom. The second-order valence-corrected chi connectivity index (χ2v) is 1.92. The molecular formula is C9H19N. The highest BCUT2D eigenvalue weighted by Gasteiger charge is 1.77. The van der Waals surface area contributed by atoms with Crippen LogP contribution in [0.2, 0.25) is 0 Å². The predicted octanol–water partition coefficient (Wildman–Crippen LogP) is 2.84. The summed E-state index contributed by atoms with van der Waals surface area (Å²) in [6.07, 6.45) is 3.97. The van der Waals surface area contributed by atoms with Crippen LogP contribution in [0, 0.1) is 0 Å². The van der Waals surface area contributed by atoms with Crippen LogP contribution in [0.4, 0.5) is 0 Å². The monoisotopic (exact) mass is 141 g/mol. The Balaban J connectivity index is 0. The molecule has 0 spiro atoms. The van der Waals surface area contributed by atoms with Gasteiger partial charge >= 0.3 is 0 Å². The van der Waals surface area contributed by atoms with Crippen molar-refractivity contribution in [2.75, 3.05) is 0 Å².